The van der Waals surface area contributed by atoms with E-state index < -0.39 is 0 Å². The Kier molecular flexibility index (Phi) is 5.03. The zero-order valence-corrected chi connectivity index (χ0v) is 23.1. The fourth-order valence-corrected chi connectivity index (χ4v) is 7.16. The Labute approximate surface area is 244 Å². The highest BCUT2D eigenvalue weighted by atomic mass is 32.1. The summed E-state index contributed by atoms with van der Waals surface area (Å²) in [5, 5.41) is 4.63. The van der Waals surface area contributed by atoms with Crippen LogP contribution < -0.4 is 0 Å². The van der Waals surface area contributed by atoms with E-state index in [0.717, 1.165) is 61.0 Å². The van der Waals surface area contributed by atoms with Crippen molar-refractivity contribution in [3.05, 3.63) is 127 Å². The van der Waals surface area contributed by atoms with Crippen molar-refractivity contribution in [3.63, 3.8) is 0 Å². The van der Waals surface area contributed by atoms with E-state index in [-0.39, 0.29) is 0 Å². The molecule has 42 heavy (non-hydrogen) atoms. The highest BCUT2D eigenvalue weighted by molar-refractivity contribution is 7.26. The Morgan fingerprint density at radius 1 is 0.500 bits per heavy atom. The van der Waals surface area contributed by atoms with Crippen molar-refractivity contribution in [1.29, 1.82) is 0 Å². The van der Waals surface area contributed by atoms with Crippen LogP contribution in [0.15, 0.2) is 132 Å². The van der Waals surface area contributed by atoms with Gasteiger partial charge in [0.2, 0.25) is 5.89 Å². The van der Waals surface area contributed by atoms with E-state index in [9.17, 15) is 0 Å². The number of rotatable bonds is 3. The van der Waals surface area contributed by atoms with Crippen LogP contribution >= 0.6 is 11.3 Å². The van der Waals surface area contributed by atoms with Gasteiger partial charge in [-0.15, -0.1) is 11.3 Å². The Bertz CT molecular complexity index is 2460. The molecule has 0 aliphatic heterocycles. The van der Waals surface area contributed by atoms with Crippen molar-refractivity contribution in [3.8, 4) is 34.0 Å². The van der Waals surface area contributed by atoms with Crippen molar-refractivity contribution in [2.75, 3.05) is 0 Å². The normalized spacial score (nSPS) is 11.8. The molecule has 4 nitrogen and oxygen atoms in total. The van der Waals surface area contributed by atoms with Crippen molar-refractivity contribution < 1.29 is 4.42 Å². The van der Waals surface area contributed by atoms with Crippen LogP contribution in [-0.4, -0.2) is 15.0 Å². The van der Waals surface area contributed by atoms with Crippen LogP contribution in [-0.2, 0) is 0 Å². The third-order valence-electron chi connectivity index (χ3n) is 7.89. The average Bonchev–Trinajstić information content (AvgIpc) is 3.66. The van der Waals surface area contributed by atoms with Crippen molar-refractivity contribution in [2.45, 2.75) is 0 Å². The van der Waals surface area contributed by atoms with Crippen LogP contribution in [0, 0.1) is 0 Å². The van der Waals surface area contributed by atoms with Gasteiger partial charge in [-0.2, -0.15) is 0 Å². The second-order valence-electron chi connectivity index (χ2n) is 10.4. The third-order valence-corrected chi connectivity index (χ3v) is 9.00. The Morgan fingerprint density at radius 2 is 1.14 bits per heavy atom. The lowest BCUT2D eigenvalue weighted by atomic mass is 9.95. The Hall–Kier alpha value is -5.39. The minimum atomic E-state index is 0.636. The molecule has 0 radical (unpaired) electrons. The quantitative estimate of drug-likeness (QED) is 0.218. The van der Waals surface area contributed by atoms with Crippen LogP contribution in [0.4, 0.5) is 0 Å². The maximum atomic E-state index is 6.27. The summed E-state index contributed by atoms with van der Waals surface area (Å²) >= 11 is 1.78. The molecule has 3 aromatic heterocycles. The van der Waals surface area contributed by atoms with Gasteiger partial charge in [0.05, 0.1) is 22.4 Å². The van der Waals surface area contributed by atoms with Gasteiger partial charge in [-0.25, -0.2) is 15.0 Å². The molecule has 3 heterocycles. The average molecular weight is 556 g/mol. The first kappa shape index (κ1) is 23.3. The van der Waals surface area contributed by atoms with E-state index >= 15 is 0 Å². The molecule has 0 atom stereocenters. The zero-order valence-electron chi connectivity index (χ0n) is 22.3. The molecule has 5 heteroatoms. The number of aromatic nitrogens is 3. The Morgan fingerprint density at radius 3 is 1.90 bits per heavy atom. The molecule has 0 spiro atoms. The maximum absolute atomic E-state index is 6.27. The molecule has 9 rings (SSSR count). The summed E-state index contributed by atoms with van der Waals surface area (Å²) in [4.78, 5) is 15.4. The molecule has 0 saturated carbocycles. The first-order valence-corrected chi connectivity index (χ1v) is 14.7. The molecule has 6 aromatic carbocycles. The summed E-state index contributed by atoms with van der Waals surface area (Å²) < 4.78 is 8.63. The zero-order chi connectivity index (χ0) is 27.6. The minimum Gasteiger partial charge on any atom is -0.436 e. The predicted octanol–water partition coefficient (Wildman–Crippen LogP) is 10.3. The molecular formula is C37H21N3OS. The van der Waals surface area contributed by atoms with Gasteiger partial charge in [0.25, 0.3) is 0 Å². The monoisotopic (exact) mass is 555 g/mol. The minimum absolute atomic E-state index is 0.636. The molecule has 0 aliphatic carbocycles. The molecule has 196 valence electrons. The molecule has 0 saturated heterocycles. The van der Waals surface area contributed by atoms with E-state index in [2.05, 4.69) is 60.7 Å². The molecule has 0 N–H and O–H groups in total. The van der Waals surface area contributed by atoms with Crippen molar-refractivity contribution in [1.82, 2.24) is 15.0 Å². The smallest absolute Gasteiger partial charge is 0.227 e. The van der Waals surface area contributed by atoms with Crippen molar-refractivity contribution >= 4 is 64.4 Å². The van der Waals surface area contributed by atoms with Crippen LogP contribution in [0.2, 0.25) is 0 Å². The van der Waals surface area contributed by atoms with Crippen LogP contribution in [0.25, 0.3) is 87.0 Å². The molecule has 0 bridgehead atoms. The van der Waals surface area contributed by atoms with Gasteiger partial charge in [0.1, 0.15) is 5.52 Å². The number of thiophene rings is 1. The summed E-state index contributed by atoms with van der Waals surface area (Å²) in [5.74, 6) is 0.636. The molecule has 0 aliphatic rings. The predicted molar refractivity (Wildman–Crippen MR) is 174 cm³/mol. The lowest BCUT2D eigenvalue weighted by Gasteiger charge is -2.13. The summed E-state index contributed by atoms with van der Waals surface area (Å²) in [6, 6.07) is 43.6. The van der Waals surface area contributed by atoms with Crippen LogP contribution in [0.5, 0.6) is 0 Å². The van der Waals surface area contributed by atoms with Gasteiger partial charge in [0.15, 0.2) is 5.58 Å². The maximum Gasteiger partial charge on any atom is 0.227 e. The third kappa shape index (κ3) is 3.51. The fourth-order valence-electron chi connectivity index (χ4n) is 5.99. The molecule has 0 unspecified atom stereocenters. The second kappa shape index (κ2) is 9.06. The highest BCUT2D eigenvalue weighted by Gasteiger charge is 2.21. The number of para-hydroxylation sites is 2. The van der Waals surface area contributed by atoms with Gasteiger partial charge in [-0.3, -0.25) is 0 Å². The van der Waals surface area contributed by atoms with Crippen LogP contribution in [0.1, 0.15) is 0 Å². The molecule has 0 amide bonds. The number of nitrogens with zero attached hydrogens (tertiary/aromatic N) is 3. The fraction of sp³-hybridized carbons (Fsp3) is 0. The lowest BCUT2D eigenvalue weighted by molar-refractivity contribution is 0.620. The van der Waals surface area contributed by atoms with Crippen LogP contribution in [0.3, 0.4) is 0 Å². The van der Waals surface area contributed by atoms with E-state index in [1.54, 1.807) is 11.3 Å². The number of hydrogen-bond acceptors (Lipinski definition) is 5. The number of hydrogen-bond donors (Lipinski definition) is 0. The summed E-state index contributed by atoms with van der Waals surface area (Å²) in [6.07, 6.45) is 0. The van der Waals surface area contributed by atoms with Gasteiger partial charge in [0, 0.05) is 36.9 Å². The van der Waals surface area contributed by atoms with Gasteiger partial charge in [-0.1, -0.05) is 84.9 Å². The van der Waals surface area contributed by atoms with Gasteiger partial charge >= 0.3 is 0 Å². The summed E-state index contributed by atoms with van der Waals surface area (Å²) in [6.45, 7) is 0. The number of benzene rings is 6. The van der Waals surface area contributed by atoms with Gasteiger partial charge in [-0.05, 0) is 53.2 Å². The summed E-state index contributed by atoms with van der Waals surface area (Å²) in [5.41, 5.74) is 8.30. The van der Waals surface area contributed by atoms with E-state index in [4.69, 9.17) is 19.4 Å². The van der Waals surface area contributed by atoms with E-state index in [0.29, 0.717) is 5.89 Å². The first-order valence-electron chi connectivity index (χ1n) is 13.9. The topological polar surface area (TPSA) is 51.8 Å². The first-order chi connectivity index (χ1) is 20.8. The van der Waals surface area contributed by atoms with Gasteiger partial charge < -0.3 is 4.42 Å². The SMILES string of the molecule is c1ccc(-c2nc3c(ccc4sc5cc(-c6nc7ccccc7nc6-c6ccccc6)c6ccccc6c5c43)o2)cc1. The molecule has 0 fully saturated rings. The second-order valence-corrected chi connectivity index (χ2v) is 11.5. The standard InChI is InChI=1S/C37H21N3OS/c1-3-11-22(12-4-1)34-35(39-28-18-10-9-17-27(28)38-34)26-21-31-32(25-16-8-7-15-24(25)26)33-30(42-31)20-19-29-36(33)40-37(41-29)23-13-5-2-6-14-23/h1-21H. The molecule has 9 aromatic rings. The van der Waals surface area contributed by atoms with E-state index in [1.807, 2.05) is 66.7 Å². The number of oxazole rings is 1. The highest BCUT2D eigenvalue weighted by Crippen LogP contribution is 2.46. The lowest BCUT2D eigenvalue weighted by Crippen LogP contribution is -1.96. The number of fused-ring (bicyclic) bond motifs is 8. The van der Waals surface area contributed by atoms with E-state index in [1.165, 1.54) is 20.2 Å². The summed E-state index contributed by atoms with van der Waals surface area (Å²) in [7, 11) is 0. The van der Waals surface area contributed by atoms with Crippen molar-refractivity contribution in [2.24, 2.45) is 0 Å². The largest absolute Gasteiger partial charge is 0.436 e. The Balaban J connectivity index is 1.38. The molecular weight excluding hydrogens is 534 g/mol.